The van der Waals surface area contributed by atoms with Crippen LogP contribution in [0.4, 0.5) is 11.4 Å². The Morgan fingerprint density at radius 2 is 1.75 bits per heavy atom. The first-order chi connectivity index (χ1) is 15.5. The fourth-order valence-corrected chi connectivity index (χ4v) is 5.00. The highest BCUT2D eigenvalue weighted by atomic mass is 32.1. The predicted octanol–water partition coefficient (Wildman–Crippen LogP) is 4.49. The zero-order valence-corrected chi connectivity index (χ0v) is 18.6. The van der Waals surface area contributed by atoms with Gasteiger partial charge in [0.25, 0.3) is 0 Å². The predicted molar refractivity (Wildman–Crippen MR) is 128 cm³/mol. The summed E-state index contributed by atoms with van der Waals surface area (Å²) in [5, 5.41) is 6.98. The Balaban J connectivity index is 1.58. The van der Waals surface area contributed by atoms with Crippen LogP contribution in [0.2, 0.25) is 0 Å². The first kappa shape index (κ1) is 20.3. The van der Waals surface area contributed by atoms with E-state index >= 15 is 0 Å². The second-order valence-corrected chi connectivity index (χ2v) is 8.37. The Morgan fingerprint density at radius 3 is 2.47 bits per heavy atom. The molecule has 2 aliphatic rings. The number of fused-ring (bicyclic) bond motifs is 4. The number of anilines is 2. The van der Waals surface area contributed by atoms with Gasteiger partial charge in [-0.1, -0.05) is 36.4 Å². The van der Waals surface area contributed by atoms with E-state index in [1.165, 1.54) is 0 Å². The Bertz CT molecular complexity index is 1170. The lowest BCUT2D eigenvalue weighted by molar-refractivity contribution is -0.130. The van der Waals surface area contributed by atoms with Gasteiger partial charge in [-0.2, -0.15) is 0 Å². The lowest BCUT2D eigenvalue weighted by atomic mass is 9.78. The van der Waals surface area contributed by atoms with Crippen LogP contribution >= 0.6 is 12.2 Å². The Kier molecular flexibility index (Phi) is 4.98. The largest absolute Gasteiger partial charge is 0.497 e. The number of benzene rings is 3. The molecule has 3 aromatic carbocycles. The highest BCUT2D eigenvalue weighted by molar-refractivity contribution is 7.80. The van der Waals surface area contributed by atoms with Crippen molar-refractivity contribution in [1.82, 2.24) is 5.32 Å². The number of carbonyl (C=O) groups excluding carboxylic acids is 1. The third kappa shape index (κ3) is 3.26. The summed E-state index contributed by atoms with van der Waals surface area (Å²) in [6, 6.07) is 24.5. The molecule has 2 bridgehead atoms. The number of nitrogens with zero attached hydrogens (tertiary/aromatic N) is 1. The number of rotatable bonds is 4. The molecule has 0 aromatic heterocycles. The second-order valence-electron chi connectivity index (χ2n) is 7.99. The highest BCUT2D eigenvalue weighted by Crippen LogP contribution is 2.49. The lowest BCUT2D eigenvalue weighted by Gasteiger charge is -2.56. The molecular formula is C25H23N3O3S. The highest BCUT2D eigenvalue weighted by Gasteiger charge is 2.59. The Labute approximate surface area is 192 Å². The molecule has 2 N–H and O–H groups in total. The van der Waals surface area contributed by atoms with Gasteiger partial charge in [-0.15, -0.1) is 0 Å². The van der Waals surface area contributed by atoms with Gasteiger partial charge < -0.3 is 20.1 Å². The van der Waals surface area contributed by atoms with E-state index in [9.17, 15) is 4.79 Å². The number of para-hydroxylation sites is 2. The normalized spacial score (nSPS) is 23.4. The van der Waals surface area contributed by atoms with E-state index in [1.54, 1.807) is 7.11 Å². The van der Waals surface area contributed by atoms with Crippen molar-refractivity contribution in [3.05, 3.63) is 84.4 Å². The van der Waals surface area contributed by atoms with Gasteiger partial charge in [0.15, 0.2) is 10.8 Å². The lowest BCUT2D eigenvalue weighted by Crippen LogP contribution is -2.72. The van der Waals surface area contributed by atoms with Crippen molar-refractivity contribution in [3.8, 4) is 11.5 Å². The number of carbonyl (C=O) groups is 1. The van der Waals surface area contributed by atoms with Crippen LogP contribution < -0.4 is 25.0 Å². The molecular weight excluding hydrogens is 422 g/mol. The standard InChI is InChI=1S/C25H23N3O3S/c1-25-21(23(29)26-16-12-14-18(30-2)15-13-16)22(19-10-6-7-11-20(19)31-25)27-24(32)28(25)17-8-4-3-5-9-17/h3-15,21-22H,1-2H3,(H,26,29)(H,27,32). The number of methoxy groups -OCH3 is 1. The number of hydrogen-bond acceptors (Lipinski definition) is 4. The van der Waals surface area contributed by atoms with E-state index in [-0.39, 0.29) is 11.9 Å². The minimum Gasteiger partial charge on any atom is -0.497 e. The van der Waals surface area contributed by atoms with Crippen molar-refractivity contribution in [3.63, 3.8) is 0 Å². The number of ether oxygens (including phenoxy) is 2. The van der Waals surface area contributed by atoms with Crippen LogP contribution in [0.3, 0.4) is 0 Å². The van der Waals surface area contributed by atoms with Crippen molar-refractivity contribution in [2.24, 2.45) is 5.92 Å². The molecule has 1 saturated heterocycles. The van der Waals surface area contributed by atoms with E-state index in [4.69, 9.17) is 21.7 Å². The third-order valence-corrected chi connectivity index (χ3v) is 6.36. The first-order valence-electron chi connectivity index (χ1n) is 10.4. The molecule has 1 fully saturated rings. The van der Waals surface area contributed by atoms with Crippen molar-refractivity contribution in [2.45, 2.75) is 18.7 Å². The summed E-state index contributed by atoms with van der Waals surface area (Å²) < 4.78 is 11.8. The number of amides is 1. The minimum atomic E-state index is -1.03. The number of hydrogen-bond donors (Lipinski definition) is 2. The molecule has 3 atom stereocenters. The average molecular weight is 446 g/mol. The molecule has 0 radical (unpaired) electrons. The molecule has 5 rings (SSSR count). The summed E-state index contributed by atoms with van der Waals surface area (Å²) in [7, 11) is 1.61. The monoisotopic (exact) mass is 445 g/mol. The maximum Gasteiger partial charge on any atom is 0.236 e. The van der Waals surface area contributed by atoms with E-state index < -0.39 is 11.6 Å². The second kappa shape index (κ2) is 7.84. The molecule has 0 aliphatic carbocycles. The molecule has 6 nitrogen and oxygen atoms in total. The summed E-state index contributed by atoms with van der Waals surface area (Å²) in [4.78, 5) is 15.6. The Morgan fingerprint density at radius 1 is 1.06 bits per heavy atom. The molecule has 3 aromatic rings. The first-order valence-corrected chi connectivity index (χ1v) is 10.8. The molecule has 1 amide bonds. The van der Waals surface area contributed by atoms with Crippen LogP contribution in [0.15, 0.2) is 78.9 Å². The maximum atomic E-state index is 13.7. The van der Waals surface area contributed by atoms with Crippen molar-refractivity contribution < 1.29 is 14.3 Å². The minimum absolute atomic E-state index is 0.159. The van der Waals surface area contributed by atoms with Gasteiger partial charge in [-0.3, -0.25) is 9.69 Å². The van der Waals surface area contributed by atoms with E-state index in [0.29, 0.717) is 10.8 Å². The van der Waals surface area contributed by atoms with Crippen LogP contribution in [-0.4, -0.2) is 23.9 Å². The molecule has 32 heavy (non-hydrogen) atoms. The van der Waals surface area contributed by atoms with Gasteiger partial charge in [0, 0.05) is 16.9 Å². The number of nitrogens with one attached hydrogen (secondary N) is 2. The van der Waals surface area contributed by atoms with Gasteiger partial charge in [0.05, 0.1) is 13.2 Å². The van der Waals surface area contributed by atoms with E-state index in [0.717, 1.165) is 22.7 Å². The molecule has 3 unspecified atom stereocenters. The topological polar surface area (TPSA) is 62.8 Å². The van der Waals surface area contributed by atoms with Gasteiger partial charge in [0.2, 0.25) is 5.91 Å². The van der Waals surface area contributed by atoms with Crippen molar-refractivity contribution in [2.75, 3.05) is 17.3 Å². The van der Waals surface area contributed by atoms with E-state index in [2.05, 4.69) is 10.6 Å². The molecule has 162 valence electrons. The van der Waals surface area contributed by atoms with Crippen LogP contribution in [0, 0.1) is 5.92 Å². The fourth-order valence-electron chi connectivity index (χ4n) is 4.59. The molecule has 0 spiro atoms. The van der Waals surface area contributed by atoms with Gasteiger partial charge in [-0.05, 0) is 61.6 Å². The molecule has 2 aliphatic heterocycles. The number of thiocarbonyl (C=S) groups is 1. The SMILES string of the molecule is COc1ccc(NC(=O)C2C3NC(=S)N(c4ccccc4)C2(C)Oc2ccccc23)cc1. The smallest absolute Gasteiger partial charge is 0.236 e. The summed E-state index contributed by atoms with van der Waals surface area (Å²) in [6.45, 7) is 1.92. The van der Waals surface area contributed by atoms with Crippen molar-refractivity contribution >= 4 is 34.6 Å². The summed E-state index contributed by atoms with van der Waals surface area (Å²) >= 11 is 5.75. The van der Waals surface area contributed by atoms with Gasteiger partial charge >= 0.3 is 0 Å². The quantitative estimate of drug-likeness (QED) is 0.577. The van der Waals surface area contributed by atoms with Crippen LogP contribution in [0.1, 0.15) is 18.5 Å². The molecule has 0 saturated carbocycles. The van der Waals surface area contributed by atoms with Gasteiger partial charge in [-0.25, -0.2) is 0 Å². The van der Waals surface area contributed by atoms with Crippen LogP contribution in [0.25, 0.3) is 0 Å². The van der Waals surface area contributed by atoms with Crippen LogP contribution in [0.5, 0.6) is 11.5 Å². The summed E-state index contributed by atoms with van der Waals surface area (Å²) in [6.07, 6.45) is 0. The zero-order chi connectivity index (χ0) is 22.3. The van der Waals surface area contributed by atoms with Gasteiger partial charge in [0.1, 0.15) is 17.4 Å². The summed E-state index contributed by atoms with van der Waals surface area (Å²) in [5.74, 6) is 0.730. The van der Waals surface area contributed by atoms with Crippen molar-refractivity contribution in [1.29, 1.82) is 0 Å². The van der Waals surface area contributed by atoms with E-state index in [1.807, 2.05) is 90.7 Å². The fraction of sp³-hybridized carbons (Fsp3) is 0.200. The zero-order valence-electron chi connectivity index (χ0n) is 17.7. The summed E-state index contributed by atoms with van der Waals surface area (Å²) in [5.41, 5.74) is 1.42. The molecule has 2 heterocycles. The third-order valence-electron chi connectivity index (χ3n) is 6.06. The molecule has 7 heteroatoms. The average Bonchev–Trinajstić information content (AvgIpc) is 2.79. The Hall–Kier alpha value is -3.58. The maximum absolute atomic E-state index is 13.7. The van der Waals surface area contributed by atoms with Crippen LogP contribution in [-0.2, 0) is 4.79 Å².